The van der Waals surface area contributed by atoms with E-state index >= 15 is 0 Å². The molecular weight excluding hydrogens is 182 g/mol. The molecule has 1 aliphatic rings. The molecule has 2 heterocycles. The third-order valence-corrected chi connectivity index (χ3v) is 2.33. The van der Waals surface area contributed by atoms with E-state index in [-0.39, 0.29) is 11.9 Å². The molecule has 0 aliphatic carbocycles. The van der Waals surface area contributed by atoms with Crippen LogP contribution in [-0.4, -0.2) is 23.9 Å². The van der Waals surface area contributed by atoms with Crippen LogP contribution < -0.4 is 4.84 Å². The van der Waals surface area contributed by atoms with Crippen molar-refractivity contribution in [2.45, 2.75) is 12.8 Å². The highest BCUT2D eigenvalue weighted by molar-refractivity contribution is 5.72. The molecule has 1 aliphatic heterocycles. The normalized spacial score (nSPS) is 18.0. The van der Waals surface area contributed by atoms with Crippen molar-refractivity contribution in [2.24, 2.45) is 5.92 Å². The van der Waals surface area contributed by atoms with E-state index in [9.17, 15) is 4.79 Å². The number of aromatic nitrogens is 1. The second-order valence-corrected chi connectivity index (χ2v) is 3.34. The van der Waals surface area contributed by atoms with E-state index in [0.29, 0.717) is 13.2 Å². The first-order valence-electron chi connectivity index (χ1n) is 4.79. The van der Waals surface area contributed by atoms with Crippen molar-refractivity contribution in [3.05, 3.63) is 24.5 Å². The van der Waals surface area contributed by atoms with Crippen LogP contribution in [0.15, 0.2) is 24.5 Å². The Morgan fingerprint density at radius 1 is 1.29 bits per heavy atom. The van der Waals surface area contributed by atoms with E-state index in [4.69, 9.17) is 9.57 Å². The van der Waals surface area contributed by atoms with Gasteiger partial charge in [0.1, 0.15) is 0 Å². The lowest BCUT2D eigenvalue weighted by Gasteiger charge is -2.19. The summed E-state index contributed by atoms with van der Waals surface area (Å²) in [6.45, 7) is 1.32. The van der Waals surface area contributed by atoms with Crippen molar-refractivity contribution in [3.63, 3.8) is 0 Å². The fourth-order valence-electron chi connectivity index (χ4n) is 1.49. The molecule has 0 atom stereocenters. The first kappa shape index (κ1) is 9.27. The highest BCUT2D eigenvalue weighted by Gasteiger charge is 2.23. The number of rotatable bonds is 2. The van der Waals surface area contributed by atoms with Crippen molar-refractivity contribution in [1.82, 2.24) is 4.73 Å². The Bertz CT molecular complexity index is 288. The van der Waals surface area contributed by atoms with Crippen LogP contribution in [0.1, 0.15) is 12.8 Å². The van der Waals surface area contributed by atoms with Crippen LogP contribution in [0.2, 0.25) is 0 Å². The molecule has 2 rings (SSSR count). The van der Waals surface area contributed by atoms with Crippen LogP contribution in [0.4, 0.5) is 0 Å². The third-order valence-electron chi connectivity index (χ3n) is 2.33. The quantitative estimate of drug-likeness (QED) is 0.703. The number of carbonyl (C=O) groups is 1. The standard InChI is InChI=1S/C10H13NO3/c12-10(9-3-7-13-8-4-9)14-11-5-1-2-6-11/h1-2,5-6,9H,3-4,7-8H2. The second kappa shape index (κ2) is 4.28. The van der Waals surface area contributed by atoms with Crippen LogP contribution >= 0.6 is 0 Å². The second-order valence-electron chi connectivity index (χ2n) is 3.34. The summed E-state index contributed by atoms with van der Waals surface area (Å²) < 4.78 is 6.60. The summed E-state index contributed by atoms with van der Waals surface area (Å²) >= 11 is 0. The molecule has 4 heteroatoms. The van der Waals surface area contributed by atoms with Crippen LogP contribution in [0.3, 0.4) is 0 Å². The topological polar surface area (TPSA) is 40.5 Å². The zero-order valence-corrected chi connectivity index (χ0v) is 7.89. The predicted molar refractivity (Wildman–Crippen MR) is 49.6 cm³/mol. The van der Waals surface area contributed by atoms with Gasteiger partial charge >= 0.3 is 5.97 Å². The van der Waals surface area contributed by atoms with Crippen molar-refractivity contribution in [3.8, 4) is 0 Å². The van der Waals surface area contributed by atoms with E-state index in [1.807, 2.05) is 12.1 Å². The molecule has 1 aromatic rings. The van der Waals surface area contributed by atoms with E-state index in [1.54, 1.807) is 12.4 Å². The van der Waals surface area contributed by atoms with Crippen molar-refractivity contribution in [1.29, 1.82) is 0 Å². The van der Waals surface area contributed by atoms with Crippen LogP contribution in [0.25, 0.3) is 0 Å². The lowest BCUT2D eigenvalue weighted by atomic mass is 10.0. The summed E-state index contributed by atoms with van der Waals surface area (Å²) in [5, 5.41) is 0. The SMILES string of the molecule is O=C(On1cccc1)C1CCOCC1. The van der Waals surface area contributed by atoms with Gasteiger partial charge in [0.25, 0.3) is 0 Å². The Balaban J connectivity index is 1.88. The molecule has 0 bridgehead atoms. The van der Waals surface area contributed by atoms with Crippen LogP contribution in [-0.2, 0) is 9.53 Å². The van der Waals surface area contributed by atoms with Gasteiger partial charge in [-0.1, -0.05) is 0 Å². The van der Waals surface area contributed by atoms with Crippen LogP contribution in [0, 0.1) is 5.92 Å². The molecule has 0 amide bonds. The molecule has 1 fully saturated rings. The van der Waals surface area contributed by atoms with Gasteiger partial charge in [0.05, 0.1) is 5.92 Å². The highest BCUT2D eigenvalue weighted by Crippen LogP contribution is 2.15. The highest BCUT2D eigenvalue weighted by atomic mass is 16.7. The zero-order valence-electron chi connectivity index (χ0n) is 7.89. The lowest BCUT2D eigenvalue weighted by molar-refractivity contribution is -0.152. The summed E-state index contributed by atoms with van der Waals surface area (Å²) in [7, 11) is 0. The molecule has 1 aromatic heterocycles. The third kappa shape index (κ3) is 2.14. The maximum absolute atomic E-state index is 11.6. The number of carbonyl (C=O) groups excluding carboxylic acids is 1. The molecule has 0 saturated carbocycles. The largest absolute Gasteiger partial charge is 0.381 e. The summed E-state index contributed by atoms with van der Waals surface area (Å²) in [6.07, 6.45) is 4.94. The minimum absolute atomic E-state index is 0.00819. The van der Waals surface area contributed by atoms with Gasteiger partial charge < -0.3 is 9.57 Å². The maximum Gasteiger partial charge on any atom is 0.336 e. The summed E-state index contributed by atoms with van der Waals surface area (Å²) in [4.78, 5) is 16.7. The van der Waals surface area contributed by atoms with Gasteiger partial charge in [-0.3, -0.25) is 0 Å². The van der Waals surface area contributed by atoms with Gasteiger partial charge in [0, 0.05) is 25.6 Å². The Morgan fingerprint density at radius 3 is 2.57 bits per heavy atom. The molecule has 76 valence electrons. The van der Waals surface area contributed by atoms with Gasteiger partial charge in [0.2, 0.25) is 0 Å². The van der Waals surface area contributed by atoms with E-state index in [0.717, 1.165) is 12.8 Å². The van der Waals surface area contributed by atoms with Gasteiger partial charge in [0.15, 0.2) is 0 Å². The van der Waals surface area contributed by atoms with Gasteiger partial charge in [-0.05, 0) is 25.0 Å². The summed E-state index contributed by atoms with van der Waals surface area (Å²) in [5.74, 6) is -0.171. The zero-order chi connectivity index (χ0) is 9.80. The van der Waals surface area contributed by atoms with Gasteiger partial charge in [-0.25, -0.2) is 4.79 Å². The van der Waals surface area contributed by atoms with E-state index in [2.05, 4.69) is 0 Å². The number of hydrogen-bond acceptors (Lipinski definition) is 3. The molecule has 1 saturated heterocycles. The minimum atomic E-state index is -0.162. The molecule has 4 nitrogen and oxygen atoms in total. The average Bonchev–Trinajstić information content (AvgIpc) is 2.72. The Labute approximate surface area is 82.4 Å². The van der Waals surface area contributed by atoms with Gasteiger partial charge in [-0.15, -0.1) is 0 Å². The Kier molecular flexibility index (Phi) is 2.84. The van der Waals surface area contributed by atoms with Gasteiger partial charge in [-0.2, -0.15) is 4.73 Å². The fraction of sp³-hybridized carbons (Fsp3) is 0.500. The summed E-state index contributed by atoms with van der Waals surface area (Å²) in [6, 6.07) is 3.63. The van der Waals surface area contributed by atoms with Crippen molar-refractivity contribution >= 4 is 5.97 Å². The number of hydrogen-bond donors (Lipinski definition) is 0. The number of nitrogens with zero attached hydrogens (tertiary/aromatic N) is 1. The van der Waals surface area contributed by atoms with Crippen molar-refractivity contribution < 1.29 is 14.4 Å². The lowest BCUT2D eigenvalue weighted by Crippen LogP contribution is -2.30. The Morgan fingerprint density at radius 2 is 1.93 bits per heavy atom. The monoisotopic (exact) mass is 195 g/mol. The molecule has 14 heavy (non-hydrogen) atoms. The smallest absolute Gasteiger partial charge is 0.336 e. The predicted octanol–water partition coefficient (Wildman–Crippen LogP) is 0.870. The molecule has 0 aromatic carbocycles. The summed E-state index contributed by atoms with van der Waals surface area (Å²) in [5.41, 5.74) is 0. The fourth-order valence-corrected chi connectivity index (χ4v) is 1.49. The molecule has 0 unspecified atom stereocenters. The molecule has 0 N–H and O–H groups in total. The first-order chi connectivity index (χ1) is 6.86. The first-order valence-corrected chi connectivity index (χ1v) is 4.79. The van der Waals surface area contributed by atoms with E-state index in [1.165, 1.54) is 4.73 Å². The molecular formula is C10H13NO3. The molecule has 0 radical (unpaired) electrons. The van der Waals surface area contributed by atoms with E-state index < -0.39 is 0 Å². The average molecular weight is 195 g/mol. The molecule has 0 spiro atoms. The maximum atomic E-state index is 11.6. The number of ether oxygens (including phenoxy) is 1. The van der Waals surface area contributed by atoms with Crippen LogP contribution in [0.5, 0.6) is 0 Å². The van der Waals surface area contributed by atoms with Crippen molar-refractivity contribution in [2.75, 3.05) is 13.2 Å². The minimum Gasteiger partial charge on any atom is -0.381 e. The Hall–Kier alpha value is -1.29.